The van der Waals surface area contributed by atoms with Crippen molar-refractivity contribution < 1.29 is 9.59 Å². The van der Waals surface area contributed by atoms with E-state index in [0.717, 1.165) is 43.4 Å². The molecule has 0 unspecified atom stereocenters. The number of nitrogens with zero attached hydrogens (tertiary/aromatic N) is 2. The minimum absolute atomic E-state index is 0.0318. The molecule has 0 radical (unpaired) electrons. The fourth-order valence-electron chi connectivity index (χ4n) is 3.06. The number of aromatic nitrogens is 1. The minimum atomic E-state index is 0.0318. The summed E-state index contributed by atoms with van der Waals surface area (Å²) < 4.78 is 0. The maximum atomic E-state index is 12.7. The number of amides is 2. The maximum absolute atomic E-state index is 12.7. The Morgan fingerprint density at radius 2 is 2.04 bits per heavy atom. The molecule has 132 valence electrons. The van der Waals surface area contributed by atoms with Crippen molar-refractivity contribution in [3.05, 3.63) is 29.6 Å². The highest BCUT2D eigenvalue weighted by atomic mass is 16.2. The Labute approximate surface area is 144 Å². The lowest BCUT2D eigenvalue weighted by Crippen LogP contribution is -2.43. The zero-order chi connectivity index (χ0) is 17.5. The topological polar surface area (TPSA) is 62.3 Å². The first kappa shape index (κ1) is 18.4. The first-order valence-electron chi connectivity index (χ1n) is 9.02. The fraction of sp³-hybridized carbons (Fsp3) is 0.632. The summed E-state index contributed by atoms with van der Waals surface area (Å²) in [6, 6.07) is 1.80. The Morgan fingerprint density at radius 1 is 1.33 bits per heavy atom. The van der Waals surface area contributed by atoms with Crippen LogP contribution in [0.2, 0.25) is 0 Å². The average Bonchev–Trinajstić information content (AvgIpc) is 2.60. The summed E-state index contributed by atoms with van der Waals surface area (Å²) >= 11 is 0. The molecule has 0 aromatic carbocycles. The molecule has 24 heavy (non-hydrogen) atoms. The smallest absolute Gasteiger partial charge is 0.254 e. The molecule has 5 nitrogen and oxygen atoms in total. The van der Waals surface area contributed by atoms with Gasteiger partial charge in [-0.25, -0.2) is 0 Å². The molecule has 1 N–H and O–H groups in total. The van der Waals surface area contributed by atoms with Gasteiger partial charge in [0.2, 0.25) is 5.91 Å². The van der Waals surface area contributed by atoms with E-state index in [1.54, 1.807) is 18.5 Å². The Kier molecular flexibility index (Phi) is 6.76. The summed E-state index contributed by atoms with van der Waals surface area (Å²) in [5.41, 5.74) is 1.73. The highest BCUT2D eigenvalue weighted by molar-refractivity contribution is 5.95. The Bertz CT molecular complexity index is 563. The van der Waals surface area contributed by atoms with Crippen LogP contribution in [0.1, 0.15) is 56.0 Å². The van der Waals surface area contributed by atoms with E-state index < -0.39 is 0 Å². The molecule has 1 fully saturated rings. The second-order valence-electron chi connectivity index (χ2n) is 6.93. The second kappa shape index (κ2) is 8.81. The molecule has 2 amide bonds. The summed E-state index contributed by atoms with van der Waals surface area (Å²) in [7, 11) is 0. The number of carbonyl (C=O) groups excluding carboxylic acids is 2. The molecule has 1 saturated heterocycles. The summed E-state index contributed by atoms with van der Waals surface area (Å²) in [5, 5.41) is 3.03. The molecule has 0 aliphatic carbocycles. The monoisotopic (exact) mass is 331 g/mol. The van der Waals surface area contributed by atoms with E-state index in [-0.39, 0.29) is 17.7 Å². The van der Waals surface area contributed by atoms with E-state index in [1.165, 1.54) is 0 Å². The van der Waals surface area contributed by atoms with Gasteiger partial charge in [0, 0.05) is 43.5 Å². The molecule has 2 rings (SSSR count). The lowest BCUT2D eigenvalue weighted by Gasteiger charge is -2.31. The first-order valence-corrected chi connectivity index (χ1v) is 9.02. The Balaban J connectivity index is 1.86. The van der Waals surface area contributed by atoms with E-state index >= 15 is 0 Å². The highest BCUT2D eigenvalue weighted by Gasteiger charge is 2.28. The predicted molar refractivity (Wildman–Crippen MR) is 94.7 cm³/mol. The normalized spacial score (nSPS) is 15.6. The van der Waals surface area contributed by atoms with Crippen molar-refractivity contribution in [2.45, 2.75) is 46.5 Å². The molecule has 1 aliphatic rings. The molecular weight excluding hydrogens is 302 g/mol. The van der Waals surface area contributed by atoms with Gasteiger partial charge in [-0.3, -0.25) is 14.6 Å². The quantitative estimate of drug-likeness (QED) is 0.872. The Hall–Kier alpha value is -1.91. The standard InChI is InChI=1S/C19H29N3O2/c1-4-15-13-20-9-6-17(15)19(24)22-11-7-16(8-12-22)18(23)21-10-5-14(2)3/h6,9,13-14,16H,4-5,7-8,10-12H2,1-3H3,(H,21,23). The van der Waals surface area contributed by atoms with Crippen LogP contribution >= 0.6 is 0 Å². The van der Waals surface area contributed by atoms with Gasteiger partial charge in [-0.05, 0) is 43.2 Å². The van der Waals surface area contributed by atoms with Gasteiger partial charge < -0.3 is 10.2 Å². The highest BCUT2D eigenvalue weighted by Crippen LogP contribution is 2.20. The van der Waals surface area contributed by atoms with E-state index in [9.17, 15) is 9.59 Å². The largest absolute Gasteiger partial charge is 0.356 e. The number of likely N-dealkylation sites (tertiary alicyclic amines) is 1. The number of pyridine rings is 1. The second-order valence-corrected chi connectivity index (χ2v) is 6.93. The van der Waals surface area contributed by atoms with Crippen molar-refractivity contribution in [1.82, 2.24) is 15.2 Å². The van der Waals surface area contributed by atoms with Gasteiger partial charge in [0.05, 0.1) is 0 Å². The SMILES string of the molecule is CCc1cnccc1C(=O)N1CCC(C(=O)NCCC(C)C)CC1. The van der Waals surface area contributed by atoms with Crippen LogP contribution < -0.4 is 5.32 Å². The molecule has 0 bridgehead atoms. The van der Waals surface area contributed by atoms with Crippen molar-refractivity contribution in [3.63, 3.8) is 0 Å². The third kappa shape index (κ3) is 4.79. The first-order chi connectivity index (χ1) is 11.5. The van der Waals surface area contributed by atoms with Crippen molar-refractivity contribution >= 4 is 11.8 Å². The van der Waals surface area contributed by atoms with E-state index in [2.05, 4.69) is 24.1 Å². The van der Waals surface area contributed by atoms with Gasteiger partial charge in [-0.1, -0.05) is 20.8 Å². The van der Waals surface area contributed by atoms with Gasteiger partial charge in [0.1, 0.15) is 0 Å². The number of carbonyl (C=O) groups is 2. The third-order valence-electron chi connectivity index (χ3n) is 4.69. The number of nitrogens with one attached hydrogen (secondary N) is 1. The third-order valence-corrected chi connectivity index (χ3v) is 4.69. The molecular formula is C19H29N3O2. The van der Waals surface area contributed by atoms with Gasteiger partial charge in [-0.2, -0.15) is 0 Å². The van der Waals surface area contributed by atoms with Crippen LogP contribution in [0.25, 0.3) is 0 Å². The summed E-state index contributed by atoms with van der Waals surface area (Å²) in [4.78, 5) is 30.9. The van der Waals surface area contributed by atoms with E-state index in [0.29, 0.717) is 19.0 Å². The number of aryl methyl sites for hydroxylation is 1. The lowest BCUT2D eigenvalue weighted by molar-refractivity contribution is -0.126. The molecule has 1 aromatic heterocycles. The van der Waals surface area contributed by atoms with Gasteiger partial charge in [0.25, 0.3) is 5.91 Å². The summed E-state index contributed by atoms with van der Waals surface area (Å²) in [5.74, 6) is 0.830. The maximum Gasteiger partial charge on any atom is 0.254 e. The van der Waals surface area contributed by atoms with Crippen LogP contribution in [0.15, 0.2) is 18.5 Å². The van der Waals surface area contributed by atoms with Gasteiger partial charge in [-0.15, -0.1) is 0 Å². The van der Waals surface area contributed by atoms with Crippen molar-refractivity contribution in [1.29, 1.82) is 0 Å². The molecule has 0 saturated carbocycles. The molecule has 0 spiro atoms. The molecule has 0 atom stereocenters. The minimum Gasteiger partial charge on any atom is -0.356 e. The zero-order valence-electron chi connectivity index (χ0n) is 15.0. The molecule has 2 heterocycles. The molecule has 1 aliphatic heterocycles. The number of hydrogen-bond donors (Lipinski definition) is 1. The number of hydrogen-bond acceptors (Lipinski definition) is 3. The van der Waals surface area contributed by atoms with Crippen LogP contribution in [-0.4, -0.2) is 41.3 Å². The van der Waals surface area contributed by atoms with Crippen molar-refractivity contribution in [2.24, 2.45) is 11.8 Å². The molecule has 5 heteroatoms. The number of piperidine rings is 1. The van der Waals surface area contributed by atoms with Crippen LogP contribution in [0.4, 0.5) is 0 Å². The zero-order valence-corrected chi connectivity index (χ0v) is 15.0. The molecule has 1 aromatic rings. The fourth-order valence-corrected chi connectivity index (χ4v) is 3.06. The predicted octanol–water partition coefficient (Wildman–Crippen LogP) is 2.66. The number of rotatable bonds is 6. The van der Waals surface area contributed by atoms with Crippen LogP contribution in [0.3, 0.4) is 0 Å². The van der Waals surface area contributed by atoms with Crippen LogP contribution in [0.5, 0.6) is 0 Å². The summed E-state index contributed by atoms with van der Waals surface area (Å²) in [6.45, 7) is 8.37. The van der Waals surface area contributed by atoms with E-state index in [4.69, 9.17) is 0 Å². The van der Waals surface area contributed by atoms with Crippen LogP contribution in [0, 0.1) is 11.8 Å². The van der Waals surface area contributed by atoms with Gasteiger partial charge >= 0.3 is 0 Å². The van der Waals surface area contributed by atoms with E-state index in [1.807, 2.05) is 11.8 Å². The van der Waals surface area contributed by atoms with Crippen LogP contribution in [-0.2, 0) is 11.2 Å². The lowest BCUT2D eigenvalue weighted by atomic mass is 9.95. The Morgan fingerprint density at radius 3 is 2.67 bits per heavy atom. The summed E-state index contributed by atoms with van der Waals surface area (Å²) in [6.07, 6.45) is 6.72. The average molecular weight is 331 g/mol. The van der Waals surface area contributed by atoms with Crippen molar-refractivity contribution in [2.75, 3.05) is 19.6 Å². The van der Waals surface area contributed by atoms with Crippen molar-refractivity contribution in [3.8, 4) is 0 Å². The van der Waals surface area contributed by atoms with Gasteiger partial charge in [0.15, 0.2) is 0 Å².